The first-order chi connectivity index (χ1) is 15.9. The van der Waals surface area contributed by atoms with Gasteiger partial charge in [0.1, 0.15) is 29.0 Å². The van der Waals surface area contributed by atoms with Crippen molar-refractivity contribution in [2.45, 2.75) is 26.9 Å². The Hall–Kier alpha value is -3.16. The summed E-state index contributed by atoms with van der Waals surface area (Å²) in [5.74, 6) is 3.34. The molecule has 0 aliphatic carbocycles. The van der Waals surface area contributed by atoms with Crippen LogP contribution in [0.3, 0.4) is 0 Å². The molecule has 8 heteroatoms. The lowest BCUT2D eigenvalue weighted by molar-refractivity contribution is 0.331. The number of aryl methyl sites for hydroxylation is 2. The third-order valence-electron chi connectivity index (χ3n) is 5.78. The molecule has 33 heavy (non-hydrogen) atoms. The lowest BCUT2D eigenvalue weighted by Gasteiger charge is -2.24. The van der Waals surface area contributed by atoms with Crippen molar-refractivity contribution in [1.82, 2.24) is 24.8 Å². The lowest BCUT2D eigenvalue weighted by atomic mass is 10.0. The molecule has 0 amide bonds. The van der Waals surface area contributed by atoms with Crippen LogP contribution in [-0.2, 0) is 13.1 Å². The number of halogens is 1. The van der Waals surface area contributed by atoms with E-state index < -0.39 is 0 Å². The van der Waals surface area contributed by atoms with Crippen LogP contribution in [-0.4, -0.2) is 52.1 Å². The molecule has 1 aliphatic heterocycles. The van der Waals surface area contributed by atoms with Crippen molar-refractivity contribution in [3.8, 4) is 16.9 Å². The van der Waals surface area contributed by atoms with Crippen molar-refractivity contribution >= 4 is 28.5 Å². The molecule has 4 aromatic rings. The number of nitrogens with zero attached hydrogens (tertiary/aromatic N) is 5. The fourth-order valence-corrected chi connectivity index (χ4v) is 4.44. The lowest BCUT2D eigenvalue weighted by Crippen LogP contribution is -2.27. The van der Waals surface area contributed by atoms with E-state index in [2.05, 4.69) is 61.1 Å². The fraction of sp³-hybridized carbons (Fsp3) is 0.320. The number of anilines is 1. The van der Waals surface area contributed by atoms with E-state index in [-0.39, 0.29) is 0 Å². The highest BCUT2D eigenvalue weighted by atomic mass is 35.5. The number of H-pyrrole nitrogens is 1. The second-order valence-electron chi connectivity index (χ2n) is 8.75. The summed E-state index contributed by atoms with van der Waals surface area (Å²) in [5.41, 5.74) is 6.17. The topological polar surface area (TPSA) is 70.2 Å². The third-order valence-corrected chi connectivity index (χ3v) is 6.22. The van der Waals surface area contributed by atoms with Crippen LogP contribution in [0.2, 0.25) is 5.02 Å². The van der Waals surface area contributed by atoms with Crippen molar-refractivity contribution in [3.05, 3.63) is 64.3 Å². The first-order valence-corrected chi connectivity index (χ1v) is 11.4. The summed E-state index contributed by atoms with van der Waals surface area (Å²) >= 11 is 6.67. The smallest absolute Gasteiger partial charge is 0.151 e. The molecular formula is C25H27ClN6O. The van der Waals surface area contributed by atoms with Crippen LogP contribution in [0.25, 0.3) is 22.2 Å². The minimum atomic E-state index is 0.564. The molecule has 2 aromatic carbocycles. The van der Waals surface area contributed by atoms with Crippen LogP contribution in [0.4, 0.5) is 5.82 Å². The fourth-order valence-electron chi connectivity index (χ4n) is 4.24. The van der Waals surface area contributed by atoms with Crippen molar-refractivity contribution in [1.29, 1.82) is 0 Å². The molecule has 1 aliphatic rings. The van der Waals surface area contributed by atoms with Crippen molar-refractivity contribution in [3.63, 3.8) is 0 Å². The van der Waals surface area contributed by atoms with Gasteiger partial charge in [0.2, 0.25) is 0 Å². The molecule has 2 aromatic heterocycles. The Morgan fingerprint density at radius 3 is 2.67 bits per heavy atom. The van der Waals surface area contributed by atoms with E-state index in [9.17, 15) is 0 Å². The number of aromatic nitrogens is 4. The molecule has 0 atom stereocenters. The van der Waals surface area contributed by atoms with Gasteiger partial charge < -0.3 is 19.5 Å². The van der Waals surface area contributed by atoms with E-state index in [0.29, 0.717) is 31.3 Å². The SMILES string of the molecule is Cc1nc2ccc(-c3ccc4c(c3)CN(c3nc(CN(C)C)nc(C)c3Cl)CCO4)cc2[nH]1. The quantitative estimate of drug-likeness (QED) is 0.472. The van der Waals surface area contributed by atoms with Gasteiger partial charge in [-0.25, -0.2) is 15.0 Å². The Morgan fingerprint density at radius 1 is 1.06 bits per heavy atom. The Balaban J connectivity index is 1.50. The molecule has 170 valence electrons. The number of nitrogens with one attached hydrogen (secondary N) is 1. The summed E-state index contributed by atoms with van der Waals surface area (Å²) in [4.78, 5) is 21.4. The van der Waals surface area contributed by atoms with Crippen LogP contribution in [0.1, 0.15) is 22.9 Å². The second-order valence-corrected chi connectivity index (χ2v) is 9.13. The largest absolute Gasteiger partial charge is 0.491 e. The summed E-state index contributed by atoms with van der Waals surface area (Å²) in [6.45, 7) is 6.48. The Morgan fingerprint density at radius 2 is 1.85 bits per heavy atom. The maximum absolute atomic E-state index is 6.67. The van der Waals surface area contributed by atoms with E-state index in [4.69, 9.17) is 21.3 Å². The normalized spacial score (nSPS) is 13.8. The standard InChI is InChI=1S/C25H27ClN6O/c1-15-24(26)25(30-23(27-15)14-31(3)4)32-9-10-33-22-8-6-17(11-19(22)13-32)18-5-7-20-21(12-18)29-16(2)28-20/h5-8,11-12H,9-10,13-14H2,1-4H3,(H,28,29). The molecule has 1 N–H and O–H groups in total. The molecule has 0 saturated heterocycles. The zero-order valence-electron chi connectivity index (χ0n) is 19.3. The molecule has 0 spiro atoms. The summed E-state index contributed by atoms with van der Waals surface area (Å²) in [7, 11) is 4.01. The summed E-state index contributed by atoms with van der Waals surface area (Å²) in [6.07, 6.45) is 0. The summed E-state index contributed by atoms with van der Waals surface area (Å²) in [6, 6.07) is 12.7. The average molecular weight is 463 g/mol. The molecule has 0 unspecified atom stereocenters. The zero-order chi connectivity index (χ0) is 23.1. The summed E-state index contributed by atoms with van der Waals surface area (Å²) < 4.78 is 6.08. The van der Waals surface area contributed by atoms with E-state index >= 15 is 0 Å². The number of benzene rings is 2. The van der Waals surface area contributed by atoms with Gasteiger partial charge in [0, 0.05) is 12.1 Å². The molecule has 5 rings (SSSR count). The number of imidazole rings is 1. The van der Waals surface area contributed by atoms with Crippen molar-refractivity contribution in [2.24, 2.45) is 0 Å². The van der Waals surface area contributed by atoms with Gasteiger partial charge in [0.05, 0.1) is 29.8 Å². The van der Waals surface area contributed by atoms with Crippen molar-refractivity contribution in [2.75, 3.05) is 32.1 Å². The number of hydrogen-bond donors (Lipinski definition) is 1. The first-order valence-electron chi connectivity index (χ1n) is 11.0. The molecular weight excluding hydrogens is 436 g/mol. The van der Waals surface area contributed by atoms with E-state index in [1.807, 2.05) is 27.9 Å². The maximum atomic E-state index is 6.67. The molecule has 3 heterocycles. The number of hydrogen-bond acceptors (Lipinski definition) is 6. The molecule has 7 nitrogen and oxygen atoms in total. The van der Waals surface area contributed by atoms with E-state index in [0.717, 1.165) is 56.6 Å². The highest BCUT2D eigenvalue weighted by Crippen LogP contribution is 2.34. The predicted molar refractivity (Wildman–Crippen MR) is 132 cm³/mol. The van der Waals surface area contributed by atoms with Gasteiger partial charge in [0.25, 0.3) is 0 Å². The maximum Gasteiger partial charge on any atom is 0.151 e. The van der Waals surface area contributed by atoms with Crippen LogP contribution >= 0.6 is 11.6 Å². The Labute approximate surface area is 198 Å². The van der Waals surface area contributed by atoms with Crippen LogP contribution in [0.15, 0.2) is 36.4 Å². The van der Waals surface area contributed by atoms with Crippen LogP contribution in [0, 0.1) is 13.8 Å². The van der Waals surface area contributed by atoms with Gasteiger partial charge >= 0.3 is 0 Å². The third kappa shape index (κ3) is 4.38. The Bertz CT molecular complexity index is 1330. The molecule has 0 saturated carbocycles. The van der Waals surface area contributed by atoms with E-state index in [1.165, 1.54) is 0 Å². The van der Waals surface area contributed by atoms with Crippen LogP contribution in [0.5, 0.6) is 5.75 Å². The predicted octanol–water partition coefficient (Wildman–Crippen LogP) is 4.75. The highest BCUT2D eigenvalue weighted by Gasteiger charge is 2.22. The van der Waals surface area contributed by atoms with E-state index in [1.54, 1.807) is 0 Å². The van der Waals surface area contributed by atoms with Gasteiger partial charge in [-0.1, -0.05) is 23.7 Å². The minimum absolute atomic E-state index is 0.564. The molecule has 0 bridgehead atoms. The number of rotatable bonds is 4. The molecule has 0 fully saturated rings. The number of aromatic amines is 1. The van der Waals surface area contributed by atoms with Crippen molar-refractivity contribution < 1.29 is 4.74 Å². The van der Waals surface area contributed by atoms with Gasteiger partial charge in [-0.3, -0.25) is 0 Å². The summed E-state index contributed by atoms with van der Waals surface area (Å²) in [5, 5.41) is 0.595. The first kappa shape index (κ1) is 21.7. The average Bonchev–Trinajstić information content (AvgIpc) is 3.01. The number of ether oxygens (including phenoxy) is 1. The number of fused-ring (bicyclic) bond motifs is 2. The minimum Gasteiger partial charge on any atom is -0.491 e. The van der Waals surface area contributed by atoms with Gasteiger partial charge in [-0.15, -0.1) is 0 Å². The van der Waals surface area contributed by atoms with Crippen LogP contribution < -0.4 is 9.64 Å². The molecule has 0 radical (unpaired) electrons. The van der Waals surface area contributed by atoms with Gasteiger partial charge in [0.15, 0.2) is 5.82 Å². The Kier molecular flexibility index (Phi) is 5.68. The second kappa shape index (κ2) is 8.65. The van der Waals surface area contributed by atoms with Gasteiger partial charge in [-0.2, -0.15) is 0 Å². The van der Waals surface area contributed by atoms with Gasteiger partial charge in [-0.05, 0) is 63.3 Å². The zero-order valence-corrected chi connectivity index (χ0v) is 20.1. The monoisotopic (exact) mass is 462 g/mol. The highest BCUT2D eigenvalue weighted by molar-refractivity contribution is 6.33.